The average Bonchev–Trinajstić information content (AvgIpc) is 2.93. The Morgan fingerprint density at radius 1 is 0.800 bits per heavy atom. The van der Waals surface area contributed by atoms with Gasteiger partial charge < -0.3 is 20.4 Å². The number of hydrogen-bond donors (Lipinski definition) is 4. The Morgan fingerprint density at radius 3 is 1.70 bits per heavy atom. The molecule has 2 rings (SSSR count). The number of rotatable bonds is 16. The van der Waals surface area contributed by atoms with E-state index in [1.165, 1.54) is 17.0 Å². The molecular weight excluding hydrogens is 530 g/mol. The summed E-state index contributed by atoms with van der Waals surface area (Å²) in [7, 11) is 0. The third-order valence-corrected chi connectivity index (χ3v) is 6.71. The predicted molar refractivity (Wildman–Crippen MR) is 141 cm³/mol. The molecule has 0 bridgehead atoms. The number of carboxylic acid groups (broad SMARTS) is 4. The number of carboxylic acids is 4. The summed E-state index contributed by atoms with van der Waals surface area (Å²) in [5.74, 6) is -4.36. The van der Waals surface area contributed by atoms with Crippen molar-refractivity contribution in [3.63, 3.8) is 0 Å². The second-order valence-electron chi connectivity index (χ2n) is 9.80. The standard InChI is InChI=1S/C25H37N5O10/c31-22(32)15-26-8-9-27(16-23(33)34)11-13-29(12-10-26)21(14-28(17-24(35)36)18-25(37)38)3-1-2-19-4-6-20(7-5-19)30(39)40/h4-7,21H,1-3,8-18H2,(H,31,32)(H,33,34)(H,35,36)(H,37,38). The van der Waals surface area contributed by atoms with Gasteiger partial charge in [-0.3, -0.25) is 48.9 Å². The minimum atomic E-state index is -1.17. The number of nitro groups is 1. The van der Waals surface area contributed by atoms with E-state index in [1.807, 2.05) is 4.90 Å². The first kappa shape index (κ1) is 32.6. The highest BCUT2D eigenvalue weighted by Gasteiger charge is 2.27. The van der Waals surface area contributed by atoms with Gasteiger partial charge in [-0.25, -0.2) is 0 Å². The first-order valence-corrected chi connectivity index (χ1v) is 12.9. The smallest absolute Gasteiger partial charge is 0.317 e. The molecule has 1 aliphatic heterocycles. The lowest BCUT2D eigenvalue weighted by atomic mass is 10.0. The third kappa shape index (κ3) is 12.5. The van der Waals surface area contributed by atoms with Crippen molar-refractivity contribution in [1.29, 1.82) is 0 Å². The summed E-state index contributed by atoms with van der Waals surface area (Å²) in [5, 5.41) is 48.3. The normalized spacial score (nSPS) is 16.5. The molecule has 1 saturated heterocycles. The summed E-state index contributed by atoms with van der Waals surface area (Å²) in [6.07, 6.45) is 1.73. The Balaban J connectivity index is 2.25. The number of aryl methyl sites for hydroxylation is 1. The van der Waals surface area contributed by atoms with Crippen LogP contribution in [0.15, 0.2) is 24.3 Å². The van der Waals surface area contributed by atoms with E-state index >= 15 is 0 Å². The summed E-state index contributed by atoms with van der Waals surface area (Å²) in [4.78, 5) is 62.9. The Hall–Kier alpha value is -3.66. The zero-order valence-electron chi connectivity index (χ0n) is 22.3. The van der Waals surface area contributed by atoms with Crippen LogP contribution in [0.5, 0.6) is 0 Å². The van der Waals surface area contributed by atoms with Crippen molar-refractivity contribution in [2.75, 3.05) is 72.0 Å². The van der Waals surface area contributed by atoms with Gasteiger partial charge in [0, 0.05) is 64.0 Å². The van der Waals surface area contributed by atoms with Crippen LogP contribution in [0, 0.1) is 10.1 Å². The largest absolute Gasteiger partial charge is 0.480 e. The second-order valence-corrected chi connectivity index (χ2v) is 9.80. The molecule has 1 unspecified atom stereocenters. The van der Waals surface area contributed by atoms with Crippen LogP contribution in [0.4, 0.5) is 5.69 Å². The van der Waals surface area contributed by atoms with E-state index < -0.39 is 41.9 Å². The van der Waals surface area contributed by atoms with Gasteiger partial charge in [-0.05, 0) is 24.8 Å². The Bertz CT molecular complexity index is 978. The SMILES string of the molecule is O=C(O)CN1CCN(CC(=O)O)CCN(C(CCCc2ccc([N+](=O)[O-])cc2)CN(CC(=O)O)CC(=O)O)CC1. The molecule has 40 heavy (non-hydrogen) atoms. The van der Waals surface area contributed by atoms with Crippen molar-refractivity contribution in [2.45, 2.75) is 25.3 Å². The number of benzene rings is 1. The maximum atomic E-state index is 11.4. The van der Waals surface area contributed by atoms with Crippen molar-refractivity contribution < 1.29 is 44.5 Å². The quantitative estimate of drug-likeness (QED) is 0.151. The topological polar surface area (TPSA) is 205 Å². The van der Waals surface area contributed by atoms with Crippen LogP contribution in [-0.4, -0.2) is 147 Å². The summed E-state index contributed by atoms with van der Waals surface area (Å²) >= 11 is 0. The molecule has 0 radical (unpaired) electrons. The van der Waals surface area contributed by atoms with E-state index in [2.05, 4.69) is 0 Å². The molecule has 1 fully saturated rings. The monoisotopic (exact) mass is 567 g/mol. The van der Waals surface area contributed by atoms with Crippen LogP contribution in [-0.2, 0) is 25.6 Å². The molecule has 1 aromatic carbocycles. The van der Waals surface area contributed by atoms with Crippen molar-refractivity contribution in [2.24, 2.45) is 0 Å². The van der Waals surface area contributed by atoms with E-state index in [-0.39, 0.29) is 31.4 Å². The highest BCUT2D eigenvalue weighted by Crippen LogP contribution is 2.17. The van der Waals surface area contributed by atoms with Crippen LogP contribution < -0.4 is 0 Å². The molecule has 1 aliphatic rings. The van der Waals surface area contributed by atoms with E-state index in [0.29, 0.717) is 58.5 Å². The van der Waals surface area contributed by atoms with Crippen LogP contribution >= 0.6 is 0 Å². The van der Waals surface area contributed by atoms with Gasteiger partial charge in [-0.1, -0.05) is 12.1 Å². The fraction of sp³-hybridized carbons (Fsp3) is 0.600. The fourth-order valence-electron chi connectivity index (χ4n) is 4.80. The lowest BCUT2D eigenvalue weighted by Crippen LogP contribution is -2.50. The molecule has 0 saturated carbocycles. The van der Waals surface area contributed by atoms with Crippen molar-refractivity contribution >= 4 is 29.6 Å². The van der Waals surface area contributed by atoms with Gasteiger partial charge >= 0.3 is 23.9 Å². The van der Waals surface area contributed by atoms with Gasteiger partial charge in [0.25, 0.3) is 5.69 Å². The maximum Gasteiger partial charge on any atom is 0.317 e. The molecule has 0 aromatic heterocycles. The molecule has 15 nitrogen and oxygen atoms in total. The number of nitrogens with zero attached hydrogens (tertiary/aromatic N) is 5. The molecule has 0 amide bonds. The third-order valence-electron chi connectivity index (χ3n) is 6.71. The van der Waals surface area contributed by atoms with Crippen molar-refractivity contribution in [3.8, 4) is 0 Å². The van der Waals surface area contributed by atoms with Crippen LogP contribution in [0.2, 0.25) is 0 Å². The zero-order chi connectivity index (χ0) is 29.7. The molecule has 15 heteroatoms. The van der Waals surface area contributed by atoms with E-state index in [9.17, 15) is 49.7 Å². The summed E-state index contributed by atoms with van der Waals surface area (Å²) in [5.41, 5.74) is 0.857. The second kappa shape index (κ2) is 16.4. The van der Waals surface area contributed by atoms with Gasteiger partial charge in [0.15, 0.2) is 0 Å². The van der Waals surface area contributed by atoms with Gasteiger partial charge in [0.2, 0.25) is 0 Å². The van der Waals surface area contributed by atoms with Crippen molar-refractivity contribution in [3.05, 3.63) is 39.9 Å². The van der Waals surface area contributed by atoms with Crippen LogP contribution in [0.25, 0.3) is 0 Å². The Kier molecular flexibility index (Phi) is 13.4. The first-order valence-electron chi connectivity index (χ1n) is 12.9. The van der Waals surface area contributed by atoms with Crippen LogP contribution in [0.3, 0.4) is 0 Å². The maximum absolute atomic E-state index is 11.4. The molecule has 1 heterocycles. The molecule has 0 spiro atoms. The highest BCUT2D eigenvalue weighted by molar-refractivity contribution is 5.72. The van der Waals surface area contributed by atoms with E-state index in [0.717, 1.165) is 5.56 Å². The summed E-state index contributed by atoms with van der Waals surface area (Å²) in [6, 6.07) is 5.87. The summed E-state index contributed by atoms with van der Waals surface area (Å²) in [6.45, 7) is 1.06. The Morgan fingerprint density at radius 2 is 1.27 bits per heavy atom. The molecule has 222 valence electrons. The van der Waals surface area contributed by atoms with Gasteiger partial charge in [-0.2, -0.15) is 0 Å². The van der Waals surface area contributed by atoms with E-state index in [1.54, 1.807) is 21.9 Å². The number of aliphatic carboxylic acids is 4. The lowest BCUT2D eigenvalue weighted by Gasteiger charge is -2.36. The van der Waals surface area contributed by atoms with Gasteiger partial charge in [-0.15, -0.1) is 0 Å². The molecule has 1 aromatic rings. The molecule has 0 aliphatic carbocycles. The van der Waals surface area contributed by atoms with E-state index in [4.69, 9.17) is 0 Å². The first-order chi connectivity index (χ1) is 18.9. The summed E-state index contributed by atoms with van der Waals surface area (Å²) < 4.78 is 0. The number of non-ortho nitro benzene ring substituents is 1. The minimum Gasteiger partial charge on any atom is -0.480 e. The molecule has 4 N–H and O–H groups in total. The lowest BCUT2D eigenvalue weighted by molar-refractivity contribution is -0.384. The molecule has 1 atom stereocenters. The molecular formula is C25H37N5O10. The number of carbonyl (C=O) groups is 4. The number of nitro benzene ring substituents is 1. The average molecular weight is 568 g/mol. The van der Waals surface area contributed by atoms with Gasteiger partial charge in [0.1, 0.15) is 0 Å². The predicted octanol–water partition coefficient (Wildman–Crippen LogP) is -0.154. The number of hydrogen-bond acceptors (Lipinski definition) is 10. The minimum absolute atomic E-state index is 0.0202. The zero-order valence-corrected chi connectivity index (χ0v) is 22.3. The van der Waals surface area contributed by atoms with Crippen LogP contribution in [0.1, 0.15) is 18.4 Å². The fourth-order valence-corrected chi connectivity index (χ4v) is 4.80. The Labute approximate surface area is 231 Å². The highest BCUT2D eigenvalue weighted by atomic mass is 16.6. The van der Waals surface area contributed by atoms with Crippen molar-refractivity contribution in [1.82, 2.24) is 19.6 Å². The van der Waals surface area contributed by atoms with Gasteiger partial charge in [0.05, 0.1) is 31.1 Å².